The molecule has 1 amide bonds. The van der Waals surface area contributed by atoms with E-state index < -0.39 is 0 Å². The molecule has 2 heterocycles. The molecule has 2 aromatic heterocycles. The van der Waals surface area contributed by atoms with Crippen molar-refractivity contribution in [3.63, 3.8) is 0 Å². The van der Waals surface area contributed by atoms with E-state index in [-0.39, 0.29) is 12.5 Å². The van der Waals surface area contributed by atoms with Crippen LogP contribution in [-0.2, 0) is 17.9 Å². The van der Waals surface area contributed by atoms with E-state index in [9.17, 15) is 4.79 Å². The van der Waals surface area contributed by atoms with Gasteiger partial charge in [-0.15, -0.1) is 0 Å². The summed E-state index contributed by atoms with van der Waals surface area (Å²) in [6, 6.07) is 7.43. The summed E-state index contributed by atoms with van der Waals surface area (Å²) >= 11 is 0. The molecule has 18 heavy (non-hydrogen) atoms. The van der Waals surface area contributed by atoms with Gasteiger partial charge in [0, 0.05) is 18.9 Å². The first-order valence-electron chi connectivity index (χ1n) is 5.73. The molecule has 0 atom stereocenters. The number of carbonyl (C=O) groups is 1. The molecule has 0 radical (unpaired) electrons. The lowest BCUT2D eigenvalue weighted by Gasteiger charge is -2.05. The summed E-state index contributed by atoms with van der Waals surface area (Å²) in [5.74, 6) is 0.773. The highest BCUT2D eigenvalue weighted by Gasteiger charge is 2.01. The third kappa shape index (κ3) is 4.03. The number of amides is 1. The topological polar surface area (TPSA) is 67.2 Å². The van der Waals surface area contributed by atoms with Crippen LogP contribution in [0.25, 0.3) is 0 Å². The number of rotatable bonds is 6. The maximum atomic E-state index is 11.5. The summed E-state index contributed by atoms with van der Waals surface area (Å²) in [5.41, 5.74) is 1.03. The van der Waals surface area contributed by atoms with Gasteiger partial charge in [-0.25, -0.2) is 0 Å². The van der Waals surface area contributed by atoms with Crippen LogP contribution in [0.2, 0.25) is 0 Å². The first kappa shape index (κ1) is 12.3. The van der Waals surface area contributed by atoms with Crippen LogP contribution in [0.5, 0.6) is 0 Å². The second-order valence-corrected chi connectivity index (χ2v) is 3.82. The Morgan fingerprint density at radius 2 is 2.06 bits per heavy atom. The van der Waals surface area contributed by atoms with Gasteiger partial charge in [0.05, 0.1) is 19.4 Å². The van der Waals surface area contributed by atoms with E-state index in [0.717, 1.165) is 11.3 Å². The quantitative estimate of drug-likeness (QED) is 0.799. The average molecular weight is 245 g/mol. The number of aromatic nitrogens is 1. The fourth-order valence-electron chi connectivity index (χ4n) is 1.48. The minimum absolute atomic E-state index is 0.0432. The van der Waals surface area contributed by atoms with Gasteiger partial charge < -0.3 is 15.1 Å². The third-order valence-electron chi connectivity index (χ3n) is 2.40. The molecule has 94 valence electrons. The Hall–Kier alpha value is -2.14. The number of hydrogen-bond donors (Lipinski definition) is 2. The maximum absolute atomic E-state index is 11.5. The zero-order valence-electron chi connectivity index (χ0n) is 9.93. The molecule has 0 spiro atoms. The van der Waals surface area contributed by atoms with Gasteiger partial charge in [0.2, 0.25) is 5.91 Å². The third-order valence-corrected chi connectivity index (χ3v) is 2.40. The van der Waals surface area contributed by atoms with Crippen LogP contribution in [0.15, 0.2) is 47.3 Å². The largest absolute Gasteiger partial charge is 0.468 e. The molecule has 0 aliphatic carbocycles. The Bertz CT molecular complexity index is 468. The van der Waals surface area contributed by atoms with Gasteiger partial charge >= 0.3 is 0 Å². The fourth-order valence-corrected chi connectivity index (χ4v) is 1.48. The summed E-state index contributed by atoms with van der Waals surface area (Å²) in [6.07, 6.45) is 5.02. The van der Waals surface area contributed by atoms with Crippen molar-refractivity contribution in [3.8, 4) is 0 Å². The van der Waals surface area contributed by atoms with Gasteiger partial charge in [-0.2, -0.15) is 0 Å². The summed E-state index contributed by atoms with van der Waals surface area (Å²) in [5, 5.41) is 5.82. The van der Waals surface area contributed by atoms with E-state index >= 15 is 0 Å². The number of nitrogens with zero attached hydrogens (tertiary/aromatic N) is 1. The van der Waals surface area contributed by atoms with Crippen molar-refractivity contribution in [2.75, 3.05) is 6.54 Å². The predicted molar refractivity (Wildman–Crippen MR) is 66.5 cm³/mol. The molecular formula is C13H15N3O2. The molecule has 2 rings (SSSR count). The van der Waals surface area contributed by atoms with E-state index in [0.29, 0.717) is 13.1 Å². The first-order valence-corrected chi connectivity index (χ1v) is 5.73. The number of pyridine rings is 1. The smallest absolute Gasteiger partial charge is 0.234 e. The molecule has 0 aromatic carbocycles. The lowest BCUT2D eigenvalue weighted by atomic mass is 10.3. The highest BCUT2D eigenvalue weighted by Crippen LogP contribution is 1.98. The zero-order chi connectivity index (χ0) is 12.6. The van der Waals surface area contributed by atoms with Crippen LogP contribution in [0, 0.1) is 0 Å². The molecule has 0 aliphatic heterocycles. The van der Waals surface area contributed by atoms with E-state index in [1.165, 1.54) is 0 Å². The van der Waals surface area contributed by atoms with Crippen LogP contribution >= 0.6 is 0 Å². The molecule has 2 aromatic rings. The SMILES string of the molecule is O=C(CNCc1ccco1)NCc1ccncc1. The molecule has 0 aliphatic rings. The van der Waals surface area contributed by atoms with Crippen molar-refractivity contribution in [1.29, 1.82) is 0 Å². The normalized spacial score (nSPS) is 10.2. The van der Waals surface area contributed by atoms with E-state index in [4.69, 9.17) is 4.42 Å². The van der Waals surface area contributed by atoms with Gasteiger partial charge in [0.15, 0.2) is 0 Å². The Labute approximate surface area is 105 Å². The van der Waals surface area contributed by atoms with Gasteiger partial charge in [-0.1, -0.05) is 0 Å². The van der Waals surface area contributed by atoms with Crippen molar-refractivity contribution in [1.82, 2.24) is 15.6 Å². The molecule has 0 fully saturated rings. The molecule has 0 unspecified atom stereocenters. The average Bonchev–Trinajstić information content (AvgIpc) is 2.91. The second kappa shape index (κ2) is 6.56. The van der Waals surface area contributed by atoms with Crippen LogP contribution in [0.1, 0.15) is 11.3 Å². The number of nitrogens with one attached hydrogen (secondary N) is 2. The van der Waals surface area contributed by atoms with Crippen molar-refractivity contribution >= 4 is 5.91 Å². The van der Waals surface area contributed by atoms with Crippen molar-refractivity contribution in [2.45, 2.75) is 13.1 Å². The summed E-state index contributed by atoms with van der Waals surface area (Å²) in [4.78, 5) is 15.4. The van der Waals surface area contributed by atoms with E-state index in [1.807, 2.05) is 24.3 Å². The van der Waals surface area contributed by atoms with Gasteiger partial charge in [0.25, 0.3) is 0 Å². The van der Waals surface area contributed by atoms with Crippen LogP contribution in [0.3, 0.4) is 0 Å². The van der Waals surface area contributed by atoms with Gasteiger partial charge in [-0.05, 0) is 29.8 Å². The molecular weight excluding hydrogens is 230 g/mol. The Morgan fingerprint density at radius 3 is 2.78 bits per heavy atom. The van der Waals surface area contributed by atoms with Gasteiger partial charge in [0.1, 0.15) is 5.76 Å². The Morgan fingerprint density at radius 1 is 1.22 bits per heavy atom. The molecule has 5 nitrogen and oxygen atoms in total. The molecule has 0 bridgehead atoms. The number of carbonyl (C=O) groups excluding carboxylic acids is 1. The van der Waals surface area contributed by atoms with Crippen LogP contribution < -0.4 is 10.6 Å². The summed E-state index contributed by atoms with van der Waals surface area (Å²) in [6.45, 7) is 1.34. The van der Waals surface area contributed by atoms with E-state index in [1.54, 1.807) is 18.7 Å². The highest BCUT2D eigenvalue weighted by atomic mass is 16.3. The standard InChI is InChI=1S/C13H15N3O2/c17-13(10-15-9-12-2-1-7-18-12)16-8-11-3-5-14-6-4-11/h1-7,15H,8-10H2,(H,16,17). The Kier molecular flexibility index (Phi) is 4.49. The van der Waals surface area contributed by atoms with Crippen molar-refractivity contribution in [2.24, 2.45) is 0 Å². The second-order valence-electron chi connectivity index (χ2n) is 3.82. The van der Waals surface area contributed by atoms with Crippen molar-refractivity contribution in [3.05, 3.63) is 54.2 Å². The molecule has 2 N–H and O–H groups in total. The number of hydrogen-bond acceptors (Lipinski definition) is 4. The predicted octanol–water partition coefficient (Wildman–Crippen LogP) is 1.08. The summed E-state index contributed by atoms with van der Waals surface area (Å²) in [7, 11) is 0. The van der Waals surface area contributed by atoms with E-state index in [2.05, 4.69) is 15.6 Å². The lowest BCUT2D eigenvalue weighted by Crippen LogP contribution is -2.33. The number of furan rings is 1. The zero-order valence-corrected chi connectivity index (χ0v) is 9.93. The maximum Gasteiger partial charge on any atom is 0.234 e. The minimum atomic E-state index is -0.0432. The fraction of sp³-hybridized carbons (Fsp3) is 0.231. The minimum Gasteiger partial charge on any atom is -0.468 e. The summed E-state index contributed by atoms with van der Waals surface area (Å²) < 4.78 is 5.14. The molecule has 0 saturated heterocycles. The van der Waals surface area contributed by atoms with Crippen LogP contribution in [-0.4, -0.2) is 17.4 Å². The Balaban J connectivity index is 1.63. The van der Waals surface area contributed by atoms with Crippen LogP contribution in [0.4, 0.5) is 0 Å². The van der Waals surface area contributed by atoms with Crippen molar-refractivity contribution < 1.29 is 9.21 Å². The monoisotopic (exact) mass is 245 g/mol. The first-order chi connectivity index (χ1) is 8.84. The molecule has 0 saturated carbocycles. The highest BCUT2D eigenvalue weighted by molar-refractivity contribution is 5.77. The molecule has 5 heteroatoms. The van der Waals surface area contributed by atoms with Gasteiger partial charge in [-0.3, -0.25) is 9.78 Å². The lowest BCUT2D eigenvalue weighted by molar-refractivity contribution is -0.120.